The normalized spacial score (nSPS) is 15.0. The van der Waals surface area contributed by atoms with Gasteiger partial charge in [-0.1, -0.05) is 27.7 Å². The molecule has 1 heterocycles. The lowest BCUT2D eigenvalue weighted by Crippen LogP contribution is -2.38. The molecule has 1 aromatic rings. The maximum atomic E-state index is 4.23. The molecule has 0 spiro atoms. The number of hydrogen-bond donors (Lipinski definition) is 1. The van der Waals surface area contributed by atoms with Crippen LogP contribution in [0.3, 0.4) is 0 Å². The fourth-order valence-corrected chi connectivity index (χ4v) is 2.27. The first-order chi connectivity index (χ1) is 8.54. The Hall–Kier alpha value is -0.830. The van der Waals surface area contributed by atoms with Gasteiger partial charge in [0.15, 0.2) is 0 Å². The molecule has 0 fully saturated rings. The van der Waals surface area contributed by atoms with Gasteiger partial charge in [0.2, 0.25) is 0 Å². The molecular weight excluding hydrogens is 222 g/mol. The van der Waals surface area contributed by atoms with E-state index in [2.05, 4.69) is 44.3 Å². The molecule has 0 aliphatic carbocycles. The van der Waals surface area contributed by atoms with E-state index in [1.165, 1.54) is 18.4 Å². The number of nitrogens with one attached hydrogen (secondary N) is 1. The predicted octanol–water partition coefficient (Wildman–Crippen LogP) is 3.01. The van der Waals surface area contributed by atoms with Crippen molar-refractivity contribution in [1.29, 1.82) is 0 Å². The molecule has 0 aliphatic heterocycles. The summed E-state index contributed by atoms with van der Waals surface area (Å²) in [4.78, 5) is 0. The van der Waals surface area contributed by atoms with Crippen LogP contribution >= 0.6 is 0 Å². The molecule has 0 aromatic carbocycles. The van der Waals surface area contributed by atoms with Gasteiger partial charge in [0.1, 0.15) is 0 Å². The number of hydrogen-bond acceptors (Lipinski definition) is 2. The third kappa shape index (κ3) is 4.81. The SMILES string of the molecule is CCCNC(CCc1cnn(C)c1)C(C)C(C)C. The summed E-state index contributed by atoms with van der Waals surface area (Å²) in [5.41, 5.74) is 1.34. The van der Waals surface area contributed by atoms with Gasteiger partial charge in [-0.2, -0.15) is 5.10 Å². The molecule has 0 aliphatic rings. The van der Waals surface area contributed by atoms with Crippen LogP contribution in [0.2, 0.25) is 0 Å². The highest BCUT2D eigenvalue weighted by Crippen LogP contribution is 2.18. The van der Waals surface area contributed by atoms with Crippen molar-refractivity contribution >= 4 is 0 Å². The summed E-state index contributed by atoms with van der Waals surface area (Å²) in [5.74, 6) is 1.45. The Morgan fingerprint density at radius 2 is 2.06 bits per heavy atom. The average Bonchev–Trinajstić information content (AvgIpc) is 2.74. The van der Waals surface area contributed by atoms with Crippen LogP contribution < -0.4 is 5.32 Å². The fraction of sp³-hybridized carbons (Fsp3) is 0.800. The minimum atomic E-state index is 0.616. The molecule has 1 N–H and O–H groups in total. The average molecular weight is 251 g/mol. The van der Waals surface area contributed by atoms with Crippen molar-refractivity contribution in [3.63, 3.8) is 0 Å². The van der Waals surface area contributed by atoms with Gasteiger partial charge in [0, 0.05) is 19.3 Å². The molecule has 0 saturated heterocycles. The lowest BCUT2D eigenvalue weighted by Gasteiger charge is -2.28. The van der Waals surface area contributed by atoms with Gasteiger partial charge in [0.05, 0.1) is 6.20 Å². The molecule has 1 aromatic heterocycles. The van der Waals surface area contributed by atoms with E-state index >= 15 is 0 Å². The first-order valence-electron chi connectivity index (χ1n) is 7.25. The zero-order chi connectivity index (χ0) is 13.5. The fourth-order valence-electron chi connectivity index (χ4n) is 2.27. The monoisotopic (exact) mass is 251 g/mol. The van der Waals surface area contributed by atoms with Crippen LogP contribution in [0, 0.1) is 11.8 Å². The first kappa shape index (κ1) is 15.2. The zero-order valence-electron chi connectivity index (χ0n) is 12.6. The van der Waals surface area contributed by atoms with Crippen molar-refractivity contribution < 1.29 is 0 Å². The third-order valence-corrected chi connectivity index (χ3v) is 3.85. The second-order valence-corrected chi connectivity index (χ2v) is 5.72. The van der Waals surface area contributed by atoms with Crippen LogP contribution in [-0.2, 0) is 13.5 Å². The van der Waals surface area contributed by atoms with Crippen molar-refractivity contribution in [2.45, 2.75) is 53.0 Å². The van der Waals surface area contributed by atoms with Crippen LogP contribution in [0.1, 0.15) is 46.1 Å². The smallest absolute Gasteiger partial charge is 0.0521 e. The van der Waals surface area contributed by atoms with E-state index in [0.29, 0.717) is 12.0 Å². The number of aryl methyl sites for hydroxylation is 2. The van der Waals surface area contributed by atoms with Crippen LogP contribution in [-0.4, -0.2) is 22.4 Å². The van der Waals surface area contributed by atoms with E-state index in [4.69, 9.17) is 0 Å². The molecular formula is C15H29N3. The Bertz CT molecular complexity index is 330. The van der Waals surface area contributed by atoms with Gasteiger partial charge in [-0.3, -0.25) is 4.68 Å². The predicted molar refractivity (Wildman–Crippen MR) is 77.6 cm³/mol. The largest absolute Gasteiger partial charge is 0.314 e. The Balaban J connectivity index is 2.49. The maximum Gasteiger partial charge on any atom is 0.0521 e. The van der Waals surface area contributed by atoms with Crippen molar-refractivity contribution in [2.24, 2.45) is 18.9 Å². The third-order valence-electron chi connectivity index (χ3n) is 3.85. The van der Waals surface area contributed by atoms with E-state index in [0.717, 1.165) is 18.9 Å². The van der Waals surface area contributed by atoms with E-state index in [-0.39, 0.29) is 0 Å². The number of aromatic nitrogens is 2. The summed E-state index contributed by atoms with van der Waals surface area (Å²) in [6.07, 6.45) is 7.62. The molecule has 0 bridgehead atoms. The summed E-state index contributed by atoms with van der Waals surface area (Å²) < 4.78 is 1.88. The van der Waals surface area contributed by atoms with E-state index in [1.807, 2.05) is 17.9 Å². The van der Waals surface area contributed by atoms with E-state index in [1.54, 1.807) is 0 Å². The van der Waals surface area contributed by atoms with E-state index in [9.17, 15) is 0 Å². The molecule has 0 amide bonds. The minimum absolute atomic E-state index is 0.616. The van der Waals surface area contributed by atoms with Crippen LogP contribution in [0.5, 0.6) is 0 Å². The lowest BCUT2D eigenvalue weighted by molar-refractivity contribution is 0.286. The van der Waals surface area contributed by atoms with Gasteiger partial charge in [0.25, 0.3) is 0 Å². The Kier molecular flexibility index (Phi) is 6.41. The molecule has 18 heavy (non-hydrogen) atoms. The minimum Gasteiger partial charge on any atom is -0.314 e. The molecule has 1 rings (SSSR count). The number of rotatable bonds is 8. The summed E-state index contributed by atoms with van der Waals surface area (Å²) in [5, 5.41) is 7.93. The Morgan fingerprint density at radius 1 is 1.33 bits per heavy atom. The lowest BCUT2D eigenvalue weighted by atomic mass is 9.87. The van der Waals surface area contributed by atoms with Crippen LogP contribution in [0.15, 0.2) is 12.4 Å². The Morgan fingerprint density at radius 3 is 2.56 bits per heavy atom. The quantitative estimate of drug-likeness (QED) is 0.769. The standard InChI is InChI=1S/C15H29N3/c1-6-9-16-15(13(4)12(2)3)8-7-14-10-17-18(5)11-14/h10-13,15-16H,6-9H2,1-5H3. The highest BCUT2D eigenvalue weighted by molar-refractivity contribution is 5.04. The van der Waals surface area contributed by atoms with Crippen molar-refractivity contribution in [1.82, 2.24) is 15.1 Å². The van der Waals surface area contributed by atoms with Crippen LogP contribution in [0.25, 0.3) is 0 Å². The van der Waals surface area contributed by atoms with Gasteiger partial charge in [-0.05, 0) is 43.2 Å². The second-order valence-electron chi connectivity index (χ2n) is 5.72. The van der Waals surface area contributed by atoms with Gasteiger partial charge in [-0.25, -0.2) is 0 Å². The molecule has 104 valence electrons. The maximum absolute atomic E-state index is 4.23. The number of nitrogens with zero attached hydrogens (tertiary/aromatic N) is 2. The molecule has 2 unspecified atom stereocenters. The van der Waals surface area contributed by atoms with Gasteiger partial charge in [-0.15, -0.1) is 0 Å². The van der Waals surface area contributed by atoms with Crippen LogP contribution in [0.4, 0.5) is 0 Å². The molecule has 0 radical (unpaired) electrons. The van der Waals surface area contributed by atoms with Gasteiger partial charge < -0.3 is 5.32 Å². The summed E-state index contributed by atoms with van der Waals surface area (Å²) in [6, 6.07) is 0.616. The van der Waals surface area contributed by atoms with Crippen molar-refractivity contribution in [2.75, 3.05) is 6.54 Å². The van der Waals surface area contributed by atoms with Gasteiger partial charge >= 0.3 is 0 Å². The van der Waals surface area contributed by atoms with Crippen molar-refractivity contribution in [3.05, 3.63) is 18.0 Å². The molecule has 2 atom stereocenters. The Labute approximate surface area is 112 Å². The molecule has 3 nitrogen and oxygen atoms in total. The highest BCUT2D eigenvalue weighted by Gasteiger charge is 2.19. The summed E-state index contributed by atoms with van der Waals surface area (Å²) in [7, 11) is 1.98. The summed E-state index contributed by atoms with van der Waals surface area (Å²) in [6.45, 7) is 10.3. The molecule has 0 saturated carbocycles. The van der Waals surface area contributed by atoms with Crippen molar-refractivity contribution in [3.8, 4) is 0 Å². The highest BCUT2D eigenvalue weighted by atomic mass is 15.2. The van der Waals surface area contributed by atoms with E-state index < -0.39 is 0 Å². The topological polar surface area (TPSA) is 29.9 Å². The first-order valence-corrected chi connectivity index (χ1v) is 7.25. The summed E-state index contributed by atoms with van der Waals surface area (Å²) >= 11 is 0. The zero-order valence-corrected chi connectivity index (χ0v) is 12.6. The second kappa shape index (κ2) is 7.57. The molecule has 3 heteroatoms.